The molecule has 0 amide bonds. The summed E-state index contributed by atoms with van der Waals surface area (Å²) in [6.07, 6.45) is 7.15. The summed E-state index contributed by atoms with van der Waals surface area (Å²) < 4.78 is 2.25. The van der Waals surface area contributed by atoms with E-state index in [0.29, 0.717) is 0 Å². The standard InChI is InChI=1S/C19H21N3/c1-16-19(17-9-3-2-4-10-17)21-15-22(16)14-8-6-12-18-11-5-7-13-20-18/h2-5,7,9-11,13,15H,6,8,12,14H2,1H3. The van der Waals surface area contributed by atoms with Gasteiger partial charge in [-0.3, -0.25) is 4.98 Å². The second kappa shape index (κ2) is 7.03. The van der Waals surface area contributed by atoms with Crippen molar-refractivity contribution in [1.29, 1.82) is 0 Å². The Hall–Kier alpha value is -2.42. The molecule has 0 aliphatic carbocycles. The van der Waals surface area contributed by atoms with Crippen molar-refractivity contribution in [3.05, 3.63) is 72.4 Å². The SMILES string of the molecule is Cc1c(-c2ccccc2)ncn1CCCCc1ccccn1. The van der Waals surface area contributed by atoms with E-state index in [1.807, 2.05) is 24.7 Å². The highest BCUT2D eigenvalue weighted by Crippen LogP contribution is 2.21. The van der Waals surface area contributed by atoms with E-state index in [-0.39, 0.29) is 0 Å². The van der Waals surface area contributed by atoms with Crippen LogP contribution in [0, 0.1) is 6.92 Å². The van der Waals surface area contributed by atoms with Crippen LogP contribution in [0.2, 0.25) is 0 Å². The Morgan fingerprint density at radius 2 is 1.73 bits per heavy atom. The number of nitrogens with zero attached hydrogens (tertiary/aromatic N) is 3. The van der Waals surface area contributed by atoms with Crippen molar-refractivity contribution in [2.24, 2.45) is 0 Å². The summed E-state index contributed by atoms with van der Waals surface area (Å²) in [7, 11) is 0. The molecule has 0 bridgehead atoms. The molecule has 3 heteroatoms. The second-order valence-corrected chi connectivity index (χ2v) is 5.52. The summed E-state index contributed by atoms with van der Waals surface area (Å²) in [5.41, 5.74) is 4.69. The zero-order chi connectivity index (χ0) is 15.2. The molecule has 0 saturated carbocycles. The van der Waals surface area contributed by atoms with E-state index in [9.17, 15) is 0 Å². The first kappa shape index (κ1) is 14.5. The summed E-state index contributed by atoms with van der Waals surface area (Å²) in [6.45, 7) is 3.16. The Labute approximate surface area is 131 Å². The minimum absolute atomic E-state index is 1.01. The highest BCUT2D eigenvalue weighted by Gasteiger charge is 2.08. The molecule has 2 aromatic heterocycles. The number of unbranched alkanes of at least 4 members (excludes halogenated alkanes) is 1. The maximum atomic E-state index is 4.57. The largest absolute Gasteiger partial charge is 0.334 e. The van der Waals surface area contributed by atoms with Gasteiger partial charge in [-0.25, -0.2) is 4.98 Å². The molecule has 3 aromatic rings. The van der Waals surface area contributed by atoms with E-state index >= 15 is 0 Å². The van der Waals surface area contributed by atoms with Crippen molar-refractivity contribution >= 4 is 0 Å². The van der Waals surface area contributed by atoms with Gasteiger partial charge in [-0.2, -0.15) is 0 Å². The lowest BCUT2D eigenvalue weighted by molar-refractivity contribution is 0.596. The van der Waals surface area contributed by atoms with E-state index in [1.54, 1.807) is 0 Å². The quantitative estimate of drug-likeness (QED) is 0.635. The lowest BCUT2D eigenvalue weighted by Gasteiger charge is -2.06. The van der Waals surface area contributed by atoms with Crippen LogP contribution in [-0.4, -0.2) is 14.5 Å². The van der Waals surface area contributed by atoms with Gasteiger partial charge in [0.2, 0.25) is 0 Å². The normalized spacial score (nSPS) is 10.8. The fourth-order valence-corrected chi connectivity index (χ4v) is 2.68. The average molecular weight is 291 g/mol. The first-order valence-electron chi connectivity index (χ1n) is 7.81. The number of pyridine rings is 1. The van der Waals surface area contributed by atoms with Crippen molar-refractivity contribution in [3.63, 3.8) is 0 Å². The van der Waals surface area contributed by atoms with Crippen LogP contribution in [0.25, 0.3) is 11.3 Å². The number of aromatic nitrogens is 3. The Kier molecular flexibility index (Phi) is 4.64. The van der Waals surface area contributed by atoms with E-state index in [4.69, 9.17) is 0 Å². The predicted molar refractivity (Wildman–Crippen MR) is 89.6 cm³/mol. The van der Waals surface area contributed by atoms with Gasteiger partial charge in [0.15, 0.2) is 0 Å². The van der Waals surface area contributed by atoms with Gasteiger partial charge in [0, 0.05) is 29.7 Å². The van der Waals surface area contributed by atoms with Crippen LogP contribution < -0.4 is 0 Å². The smallest absolute Gasteiger partial charge is 0.0955 e. The molecule has 3 rings (SSSR count). The molecule has 0 aliphatic heterocycles. The third-order valence-electron chi connectivity index (χ3n) is 3.96. The summed E-state index contributed by atoms with van der Waals surface area (Å²) in [6, 6.07) is 16.5. The molecule has 3 nitrogen and oxygen atoms in total. The van der Waals surface area contributed by atoms with Gasteiger partial charge in [-0.05, 0) is 38.3 Å². The number of hydrogen-bond donors (Lipinski definition) is 0. The lowest BCUT2D eigenvalue weighted by atomic mass is 10.1. The van der Waals surface area contributed by atoms with Crippen LogP contribution >= 0.6 is 0 Å². The fourth-order valence-electron chi connectivity index (χ4n) is 2.68. The van der Waals surface area contributed by atoms with Crippen molar-refractivity contribution in [1.82, 2.24) is 14.5 Å². The van der Waals surface area contributed by atoms with Crippen molar-refractivity contribution in [2.45, 2.75) is 32.7 Å². The molecule has 0 spiro atoms. The van der Waals surface area contributed by atoms with E-state index in [1.165, 1.54) is 17.0 Å². The molecule has 2 heterocycles. The first-order chi connectivity index (χ1) is 10.8. The minimum atomic E-state index is 1.01. The number of rotatable bonds is 6. The van der Waals surface area contributed by atoms with Gasteiger partial charge in [0.1, 0.15) is 0 Å². The van der Waals surface area contributed by atoms with Crippen LogP contribution in [0.4, 0.5) is 0 Å². The molecule has 0 atom stereocenters. The highest BCUT2D eigenvalue weighted by atomic mass is 15.0. The number of imidazole rings is 1. The molecule has 0 aliphatic rings. The number of aryl methyl sites for hydroxylation is 2. The van der Waals surface area contributed by atoms with Gasteiger partial charge in [-0.15, -0.1) is 0 Å². The van der Waals surface area contributed by atoms with Crippen molar-refractivity contribution in [2.75, 3.05) is 0 Å². The Morgan fingerprint density at radius 3 is 2.50 bits per heavy atom. The molecule has 0 N–H and O–H groups in total. The topological polar surface area (TPSA) is 30.7 Å². The Bertz CT molecular complexity index is 702. The van der Waals surface area contributed by atoms with Crippen LogP contribution in [0.1, 0.15) is 24.2 Å². The summed E-state index contributed by atoms with van der Waals surface area (Å²) in [5.74, 6) is 0. The van der Waals surface area contributed by atoms with Gasteiger partial charge < -0.3 is 4.57 Å². The third-order valence-corrected chi connectivity index (χ3v) is 3.96. The molecular formula is C19H21N3. The fraction of sp³-hybridized carbons (Fsp3) is 0.263. The maximum Gasteiger partial charge on any atom is 0.0955 e. The van der Waals surface area contributed by atoms with Crippen LogP contribution in [0.3, 0.4) is 0 Å². The monoisotopic (exact) mass is 291 g/mol. The highest BCUT2D eigenvalue weighted by molar-refractivity contribution is 5.61. The number of benzene rings is 1. The Balaban J connectivity index is 1.57. The summed E-state index contributed by atoms with van der Waals surface area (Å²) >= 11 is 0. The molecule has 112 valence electrons. The molecule has 0 radical (unpaired) electrons. The van der Waals surface area contributed by atoms with Crippen molar-refractivity contribution in [3.8, 4) is 11.3 Å². The van der Waals surface area contributed by atoms with E-state index < -0.39 is 0 Å². The zero-order valence-electron chi connectivity index (χ0n) is 12.9. The van der Waals surface area contributed by atoms with Gasteiger partial charge in [-0.1, -0.05) is 36.4 Å². The van der Waals surface area contributed by atoms with E-state index in [2.05, 4.69) is 57.9 Å². The van der Waals surface area contributed by atoms with E-state index in [0.717, 1.165) is 31.5 Å². The van der Waals surface area contributed by atoms with Gasteiger partial charge in [0.25, 0.3) is 0 Å². The average Bonchev–Trinajstić information content (AvgIpc) is 2.94. The second-order valence-electron chi connectivity index (χ2n) is 5.52. The van der Waals surface area contributed by atoms with Gasteiger partial charge in [0.05, 0.1) is 12.0 Å². The zero-order valence-corrected chi connectivity index (χ0v) is 12.9. The molecule has 0 unspecified atom stereocenters. The predicted octanol–water partition coefficient (Wildman–Crippen LogP) is 4.28. The van der Waals surface area contributed by atoms with Crippen LogP contribution in [0.15, 0.2) is 61.1 Å². The van der Waals surface area contributed by atoms with Crippen molar-refractivity contribution < 1.29 is 0 Å². The first-order valence-corrected chi connectivity index (χ1v) is 7.81. The summed E-state index contributed by atoms with van der Waals surface area (Å²) in [4.78, 5) is 8.94. The molecular weight excluding hydrogens is 270 g/mol. The minimum Gasteiger partial charge on any atom is -0.334 e. The third kappa shape index (κ3) is 3.42. The molecule has 1 aromatic carbocycles. The molecule has 22 heavy (non-hydrogen) atoms. The summed E-state index contributed by atoms with van der Waals surface area (Å²) in [5, 5.41) is 0. The Morgan fingerprint density at radius 1 is 0.909 bits per heavy atom. The number of hydrogen-bond acceptors (Lipinski definition) is 2. The maximum absolute atomic E-state index is 4.57. The molecule has 0 saturated heterocycles. The lowest BCUT2D eigenvalue weighted by Crippen LogP contribution is -2.00. The van der Waals surface area contributed by atoms with Gasteiger partial charge >= 0.3 is 0 Å². The van der Waals surface area contributed by atoms with Crippen LogP contribution in [0.5, 0.6) is 0 Å². The molecule has 0 fully saturated rings. The van der Waals surface area contributed by atoms with Crippen LogP contribution in [-0.2, 0) is 13.0 Å².